The van der Waals surface area contributed by atoms with Gasteiger partial charge in [-0.3, -0.25) is 14.4 Å². The highest BCUT2D eigenvalue weighted by Gasteiger charge is 2.31. The fourth-order valence-electron chi connectivity index (χ4n) is 3.88. The van der Waals surface area contributed by atoms with Crippen molar-refractivity contribution in [3.63, 3.8) is 0 Å². The number of hydrogen-bond acceptors (Lipinski definition) is 7. The molecule has 4 atom stereocenters. The van der Waals surface area contributed by atoms with Gasteiger partial charge in [-0.15, -0.1) is 0 Å². The van der Waals surface area contributed by atoms with Gasteiger partial charge in [0.05, 0.1) is 6.04 Å². The predicted molar refractivity (Wildman–Crippen MR) is 145 cm³/mol. The van der Waals surface area contributed by atoms with Gasteiger partial charge in [-0.25, -0.2) is 4.79 Å². The minimum atomic E-state index is -1.18. The number of unbranched alkanes of at least 4 members (excludes halogenated alkanes) is 1. The van der Waals surface area contributed by atoms with Crippen LogP contribution in [0.2, 0.25) is 0 Å². The summed E-state index contributed by atoms with van der Waals surface area (Å²) in [6, 6.07) is 3.39. The molecule has 1 aromatic heterocycles. The molecule has 2 rings (SSSR count). The Bertz CT molecular complexity index is 1070. The van der Waals surface area contributed by atoms with E-state index in [0.29, 0.717) is 19.4 Å². The van der Waals surface area contributed by atoms with Crippen molar-refractivity contribution in [2.24, 2.45) is 17.4 Å². The van der Waals surface area contributed by atoms with E-state index < -0.39 is 47.9 Å². The first kappa shape index (κ1) is 30.1. The van der Waals surface area contributed by atoms with Gasteiger partial charge in [0.2, 0.25) is 17.7 Å². The van der Waals surface area contributed by atoms with Gasteiger partial charge in [-0.2, -0.15) is 12.6 Å². The maximum Gasteiger partial charge on any atom is 0.326 e. The molecule has 0 radical (unpaired) electrons. The third-order valence-electron chi connectivity index (χ3n) is 6.08. The maximum atomic E-state index is 13.2. The summed E-state index contributed by atoms with van der Waals surface area (Å²) >= 11 is 4.19. The van der Waals surface area contributed by atoms with Crippen LogP contribution in [0.15, 0.2) is 30.5 Å². The molecule has 12 heteroatoms. The minimum absolute atomic E-state index is 0.0295. The number of aromatic nitrogens is 1. The molecule has 0 aliphatic heterocycles. The van der Waals surface area contributed by atoms with Gasteiger partial charge in [0.1, 0.15) is 18.1 Å². The molecular weight excluding hydrogens is 496 g/mol. The smallest absolute Gasteiger partial charge is 0.326 e. The number of carboxylic acids is 1. The summed E-state index contributed by atoms with van der Waals surface area (Å²) < 4.78 is 0. The standard InChI is InChI=1S/C25H38N6O5S/c1-14(2)21(25(35)36)31-23(33)19(11-15-12-28-18-9-4-3-7-16(15)18)29-24(34)20(13-37)30-22(32)17(27)8-5-6-10-26/h3-4,7,9,12,14,17,19-21,28,37H,5-6,8,10-11,13,26-27H2,1-2H3,(H,29,34)(H,30,32)(H,31,33)(H,35,36). The molecule has 0 spiro atoms. The third-order valence-corrected chi connectivity index (χ3v) is 6.45. The van der Waals surface area contributed by atoms with Gasteiger partial charge in [0, 0.05) is 29.3 Å². The van der Waals surface area contributed by atoms with Crippen LogP contribution in [0.3, 0.4) is 0 Å². The van der Waals surface area contributed by atoms with E-state index in [-0.39, 0.29) is 18.1 Å². The maximum absolute atomic E-state index is 13.2. The van der Waals surface area contributed by atoms with Crippen LogP contribution in [0.4, 0.5) is 0 Å². The Morgan fingerprint density at radius 1 is 1.00 bits per heavy atom. The Hall–Kier alpha value is -3.09. The van der Waals surface area contributed by atoms with Crippen LogP contribution in [0, 0.1) is 5.92 Å². The number of nitrogens with one attached hydrogen (secondary N) is 4. The highest BCUT2D eigenvalue weighted by molar-refractivity contribution is 7.80. The molecule has 4 unspecified atom stereocenters. The number of para-hydroxylation sites is 1. The molecule has 0 saturated carbocycles. The van der Waals surface area contributed by atoms with Gasteiger partial charge >= 0.3 is 5.97 Å². The Kier molecular flexibility index (Phi) is 11.9. The largest absolute Gasteiger partial charge is 0.480 e. The highest BCUT2D eigenvalue weighted by atomic mass is 32.1. The molecular formula is C25H38N6O5S. The van der Waals surface area contributed by atoms with E-state index >= 15 is 0 Å². The average Bonchev–Trinajstić information content (AvgIpc) is 3.27. The van der Waals surface area contributed by atoms with Crippen LogP contribution >= 0.6 is 12.6 Å². The van der Waals surface area contributed by atoms with E-state index in [1.165, 1.54) is 0 Å². The lowest BCUT2D eigenvalue weighted by Crippen LogP contribution is -2.58. The van der Waals surface area contributed by atoms with E-state index in [1.807, 2.05) is 24.3 Å². The summed E-state index contributed by atoms with van der Waals surface area (Å²) in [5.74, 6) is -3.37. The van der Waals surface area contributed by atoms with Crippen molar-refractivity contribution >= 4 is 47.2 Å². The summed E-state index contributed by atoms with van der Waals surface area (Å²) in [4.78, 5) is 53.6. The molecule has 0 aliphatic rings. The molecule has 0 aliphatic carbocycles. The first-order valence-electron chi connectivity index (χ1n) is 12.3. The summed E-state index contributed by atoms with van der Waals surface area (Å²) in [5.41, 5.74) is 13.0. The number of fused-ring (bicyclic) bond motifs is 1. The monoisotopic (exact) mass is 534 g/mol. The van der Waals surface area contributed by atoms with E-state index in [4.69, 9.17) is 11.5 Å². The summed E-state index contributed by atoms with van der Waals surface area (Å²) in [7, 11) is 0. The number of carbonyl (C=O) groups excluding carboxylic acids is 3. The van der Waals surface area contributed by atoms with Crippen molar-refractivity contribution in [3.8, 4) is 0 Å². The normalized spacial score (nSPS) is 14.5. The van der Waals surface area contributed by atoms with Crippen molar-refractivity contribution < 1.29 is 24.3 Å². The molecule has 0 saturated heterocycles. The zero-order valence-electron chi connectivity index (χ0n) is 21.2. The molecule has 37 heavy (non-hydrogen) atoms. The number of thiol groups is 1. The molecule has 0 bridgehead atoms. The lowest BCUT2D eigenvalue weighted by Gasteiger charge is -2.25. The SMILES string of the molecule is CC(C)C(NC(=O)C(Cc1c[nH]c2ccccc12)NC(=O)C(CS)NC(=O)C(N)CCCCN)C(=O)O. The highest BCUT2D eigenvalue weighted by Crippen LogP contribution is 2.19. The lowest BCUT2D eigenvalue weighted by atomic mass is 10.0. The third kappa shape index (κ3) is 8.76. The van der Waals surface area contributed by atoms with Crippen molar-refractivity contribution in [3.05, 3.63) is 36.0 Å². The van der Waals surface area contributed by atoms with Crippen LogP contribution < -0.4 is 27.4 Å². The number of hydrogen-bond donors (Lipinski definition) is 8. The zero-order chi connectivity index (χ0) is 27.5. The molecule has 0 fully saturated rings. The van der Waals surface area contributed by atoms with E-state index in [9.17, 15) is 24.3 Å². The van der Waals surface area contributed by atoms with Crippen LogP contribution in [0.1, 0.15) is 38.7 Å². The number of carbonyl (C=O) groups is 4. The topological polar surface area (TPSA) is 192 Å². The number of aromatic amines is 1. The lowest BCUT2D eigenvalue weighted by molar-refractivity contribution is -0.143. The number of carboxylic acid groups (broad SMARTS) is 1. The van der Waals surface area contributed by atoms with Crippen molar-refractivity contribution in [1.29, 1.82) is 0 Å². The molecule has 9 N–H and O–H groups in total. The van der Waals surface area contributed by atoms with Gasteiger partial charge in [-0.05, 0) is 36.9 Å². The number of aliphatic carboxylic acids is 1. The number of rotatable bonds is 15. The van der Waals surface area contributed by atoms with Gasteiger partial charge < -0.3 is 37.5 Å². The summed E-state index contributed by atoms with van der Waals surface area (Å²) in [6.07, 6.45) is 3.66. The first-order valence-corrected chi connectivity index (χ1v) is 13.0. The Labute approximate surface area is 221 Å². The summed E-state index contributed by atoms with van der Waals surface area (Å²) in [6.45, 7) is 3.85. The Morgan fingerprint density at radius 3 is 2.27 bits per heavy atom. The first-order chi connectivity index (χ1) is 17.6. The number of benzene rings is 1. The van der Waals surface area contributed by atoms with Crippen LogP contribution in [0.5, 0.6) is 0 Å². The fraction of sp³-hybridized carbons (Fsp3) is 0.520. The zero-order valence-corrected chi connectivity index (χ0v) is 22.1. The van der Waals surface area contributed by atoms with E-state index in [2.05, 4.69) is 33.6 Å². The second-order valence-corrected chi connectivity index (χ2v) is 9.69. The van der Waals surface area contributed by atoms with Crippen LogP contribution in [-0.2, 0) is 25.6 Å². The summed E-state index contributed by atoms with van der Waals surface area (Å²) in [5, 5.41) is 18.2. The second-order valence-electron chi connectivity index (χ2n) is 9.33. The fourth-order valence-corrected chi connectivity index (χ4v) is 4.14. The van der Waals surface area contributed by atoms with Crippen molar-refractivity contribution in [2.45, 2.75) is 63.7 Å². The molecule has 3 amide bonds. The number of amides is 3. The quantitative estimate of drug-likeness (QED) is 0.119. The average molecular weight is 535 g/mol. The minimum Gasteiger partial charge on any atom is -0.480 e. The molecule has 204 valence electrons. The van der Waals surface area contributed by atoms with Crippen molar-refractivity contribution in [1.82, 2.24) is 20.9 Å². The second kappa shape index (κ2) is 14.6. The van der Waals surface area contributed by atoms with Crippen LogP contribution in [-0.4, -0.2) is 70.2 Å². The Morgan fingerprint density at radius 2 is 1.65 bits per heavy atom. The van der Waals surface area contributed by atoms with Gasteiger partial charge in [-0.1, -0.05) is 38.5 Å². The van der Waals surface area contributed by atoms with Crippen molar-refractivity contribution in [2.75, 3.05) is 12.3 Å². The number of H-pyrrole nitrogens is 1. The van der Waals surface area contributed by atoms with E-state index in [0.717, 1.165) is 22.9 Å². The Balaban J connectivity index is 2.21. The molecule has 2 aromatic rings. The molecule has 1 aromatic carbocycles. The van der Waals surface area contributed by atoms with Gasteiger partial charge in [0.25, 0.3) is 0 Å². The van der Waals surface area contributed by atoms with Gasteiger partial charge in [0.15, 0.2) is 0 Å². The van der Waals surface area contributed by atoms with E-state index in [1.54, 1.807) is 20.0 Å². The molecule has 11 nitrogen and oxygen atoms in total. The molecule has 1 heterocycles. The predicted octanol–water partition coefficient (Wildman–Crippen LogP) is 0.292. The van der Waals surface area contributed by atoms with Crippen LogP contribution in [0.25, 0.3) is 10.9 Å². The number of nitrogens with two attached hydrogens (primary N) is 2.